The highest BCUT2D eigenvalue weighted by Crippen LogP contribution is 2.08. The zero-order chi connectivity index (χ0) is 19.5. The predicted molar refractivity (Wildman–Crippen MR) is 129 cm³/mol. The molecule has 2 rings (SSSR count). The molecule has 0 unspecified atom stereocenters. The molecule has 2 N–H and O–H groups in total. The van der Waals surface area contributed by atoms with Crippen LogP contribution < -0.4 is 10.6 Å². The SMILES string of the molecule is CCNC(=NCCCS(=O)(=O)Cc1ccccc1)NCCc1csc(C)n1.I. The average Bonchev–Trinajstić information content (AvgIpc) is 3.04. The zero-order valence-corrected chi connectivity index (χ0v) is 20.3. The van der Waals surface area contributed by atoms with Gasteiger partial charge in [-0.15, -0.1) is 35.3 Å². The molecule has 0 saturated heterocycles. The number of sulfone groups is 1. The van der Waals surface area contributed by atoms with Gasteiger partial charge in [-0.2, -0.15) is 0 Å². The first kappa shape index (κ1) is 24.8. The van der Waals surface area contributed by atoms with E-state index in [0.717, 1.165) is 35.8 Å². The molecule has 9 heteroatoms. The lowest BCUT2D eigenvalue weighted by Crippen LogP contribution is -2.38. The highest BCUT2D eigenvalue weighted by molar-refractivity contribution is 14.0. The normalized spacial score (nSPS) is 11.7. The van der Waals surface area contributed by atoms with Gasteiger partial charge in [-0.3, -0.25) is 4.99 Å². The second kappa shape index (κ2) is 13.1. The Morgan fingerprint density at radius 2 is 1.96 bits per heavy atom. The van der Waals surface area contributed by atoms with Crippen LogP contribution in [0.2, 0.25) is 0 Å². The number of halogens is 1. The fourth-order valence-electron chi connectivity index (χ4n) is 2.55. The zero-order valence-electron chi connectivity index (χ0n) is 16.3. The summed E-state index contributed by atoms with van der Waals surface area (Å²) in [5.74, 6) is 0.941. The minimum absolute atomic E-state index is 0. The van der Waals surface area contributed by atoms with Crippen LogP contribution >= 0.6 is 35.3 Å². The summed E-state index contributed by atoms with van der Waals surface area (Å²) in [6, 6.07) is 9.28. The van der Waals surface area contributed by atoms with Crippen molar-refractivity contribution >= 4 is 51.1 Å². The maximum absolute atomic E-state index is 12.2. The number of aliphatic imine (C=N–C) groups is 1. The van der Waals surface area contributed by atoms with E-state index in [-0.39, 0.29) is 35.5 Å². The van der Waals surface area contributed by atoms with Crippen LogP contribution in [0.4, 0.5) is 0 Å². The molecule has 0 atom stereocenters. The second-order valence-electron chi connectivity index (χ2n) is 6.23. The third-order valence-corrected chi connectivity index (χ3v) is 6.30. The van der Waals surface area contributed by atoms with Crippen molar-refractivity contribution in [3.8, 4) is 0 Å². The van der Waals surface area contributed by atoms with Gasteiger partial charge in [0.1, 0.15) is 0 Å². The molecule has 0 amide bonds. The summed E-state index contributed by atoms with van der Waals surface area (Å²) in [6.07, 6.45) is 1.34. The van der Waals surface area contributed by atoms with Gasteiger partial charge in [-0.25, -0.2) is 13.4 Å². The number of aryl methyl sites for hydroxylation is 1. The van der Waals surface area contributed by atoms with Crippen LogP contribution in [0.5, 0.6) is 0 Å². The Hall–Kier alpha value is -1.20. The molecule has 0 radical (unpaired) electrons. The summed E-state index contributed by atoms with van der Waals surface area (Å²) in [5, 5.41) is 9.59. The lowest BCUT2D eigenvalue weighted by atomic mass is 10.2. The Balaban J connectivity index is 0.00000392. The van der Waals surface area contributed by atoms with Gasteiger partial charge in [0, 0.05) is 31.4 Å². The van der Waals surface area contributed by atoms with E-state index in [2.05, 4.69) is 26.0 Å². The molecule has 1 aromatic heterocycles. The first-order valence-electron chi connectivity index (χ1n) is 9.16. The molecule has 28 heavy (non-hydrogen) atoms. The van der Waals surface area contributed by atoms with Crippen molar-refractivity contribution in [2.45, 2.75) is 32.4 Å². The molecule has 6 nitrogen and oxygen atoms in total. The van der Waals surface area contributed by atoms with E-state index in [4.69, 9.17) is 0 Å². The molecule has 0 aliphatic rings. The quantitative estimate of drug-likeness (QED) is 0.211. The van der Waals surface area contributed by atoms with E-state index in [0.29, 0.717) is 18.9 Å². The number of benzene rings is 1. The van der Waals surface area contributed by atoms with E-state index >= 15 is 0 Å². The largest absolute Gasteiger partial charge is 0.357 e. The first-order valence-corrected chi connectivity index (χ1v) is 11.9. The van der Waals surface area contributed by atoms with Gasteiger partial charge < -0.3 is 10.6 Å². The molecule has 0 bridgehead atoms. The molecule has 1 aromatic carbocycles. The first-order chi connectivity index (χ1) is 13.0. The van der Waals surface area contributed by atoms with Crippen molar-refractivity contribution in [1.82, 2.24) is 15.6 Å². The van der Waals surface area contributed by atoms with E-state index in [1.165, 1.54) is 0 Å². The fraction of sp³-hybridized carbons (Fsp3) is 0.474. The van der Waals surface area contributed by atoms with Gasteiger partial charge in [0.15, 0.2) is 15.8 Å². The maximum Gasteiger partial charge on any atom is 0.191 e. The van der Waals surface area contributed by atoms with Crippen LogP contribution in [-0.4, -0.2) is 44.7 Å². The minimum Gasteiger partial charge on any atom is -0.357 e. The molecular formula is C19H29IN4O2S2. The lowest BCUT2D eigenvalue weighted by molar-refractivity contribution is 0.592. The summed E-state index contributed by atoms with van der Waals surface area (Å²) in [7, 11) is -3.11. The summed E-state index contributed by atoms with van der Waals surface area (Å²) < 4.78 is 24.4. The molecule has 0 aliphatic carbocycles. The molecular weight excluding hydrogens is 507 g/mol. The molecule has 0 aliphatic heterocycles. The van der Waals surface area contributed by atoms with Gasteiger partial charge in [0.25, 0.3) is 0 Å². The second-order valence-corrected chi connectivity index (χ2v) is 9.47. The fourth-order valence-corrected chi connectivity index (χ4v) is 4.61. The molecule has 2 aromatic rings. The molecule has 156 valence electrons. The summed E-state index contributed by atoms with van der Waals surface area (Å²) in [5.41, 5.74) is 1.90. The number of rotatable bonds is 10. The van der Waals surface area contributed by atoms with Crippen molar-refractivity contribution in [2.75, 3.05) is 25.4 Å². The maximum atomic E-state index is 12.2. The van der Waals surface area contributed by atoms with Crippen LogP contribution in [0.25, 0.3) is 0 Å². The van der Waals surface area contributed by atoms with Gasteiger partial charge in [0.2, 0.25) is 0 Å². The van der Waals surface area contributed by atoms with Crippen molar-refractivity contribution < 1.29 is 8.42 Å². The van der Waals surface area contributed by atoms with E-state index in [1.54, 1.807) is 11.3 Å². The van der Waals surface area contributed by atoms with E-state index in [1.807, 2.05) is 44.2 Å². The Morgan fingerprint density at radius 1 is 1.21 bits per heavy atom. The summed E-state index contributed by atoms with van der Waals surface area (Å²) in [4.78, 5) is 8.91. The highest BCUT2D eigenvalue weighted by Gasteiger charge is 2.11. The Bertz CT molecular complexity index is 823. The molecule has 0 saturated carbocycles. The number of aromatic nitrogens is 1. The van der Waals surface area contributed by atoms with Crippen LogP contribution in [0.3, 0.4) is 0 Å². The molecule has 0 fully saturated rings. The van der Waals surface area contributed by atoms with Gasteiger partial charge in [-0.1, -0.05) is 30.3 Å². The summed E-state index contributed by atoms with van der Waals surface area (Å²) >= 11 is 1.65. The Labute approximate surface area is 189 Å². The number of nitrogens with zero attached hydrogens (tertiary/aromatic N) is 2. The predicted octanol–water partition coefficient (Wildman–Crippen LogP) is 3.17. The summed E-state index contributed by atoms with van der Waals surface area (Å²) in [6.45, 7) is 5.97. The third-order valence-electron chi connectivity index (χ3n) is 3.80. The van der Waals surface area contributed by atoms with Gasteiger partial charge >= 0.3 is 0 Å². The van der Waals surface area contributed by atoms with Gasteiger partial charge in [-0.05, 0) is 25.8 Å². The number of nitrogens with one attached hydrogen (secondary N) is 2. The topological polar surface area (TPSA) is 83.5 Å². The number of hydrogen-bond acceptors (Lipinski definition) is 5. The smallest absolute Gasteiger partial charge is 0.191 e. The third kappa shape index (κ3) is 9.83. The van der Waals surface area contributed by atoms with Crippen LogP contribution in [0.15, 0.2) is 40.7 Å². The van der Waals surface area contributed by atoms with Crippen molar-refractivity contribution in [3.63, 3.8) is 0 Å². The van der Waals surface area contributed by atoms with Crippen molar-refractivity contribution in [2.24, 2.45) is 4.99 Å². The Morgan fingerprint density at radius 3 is 2.61 bits per heavy atom. The van der Waals surface area contributed by atoms with Crippen molar-refractivity contribution in [1.29, 1.82) is 0 Å². The van der Waals surface area contributed by atoms with E-state index < -0.39 is 9.84 Å². The molecule has 0 spiro atoms. The van der Waals surface area contributed by atoms with E-state index in [9.17, 15) is 8.42 Å². The highest BCUT2D eigenvalue weighted by atomic mass is 127. The van der Waals surface area contributed by atoms with Crippen LogP contribution in [0, 0.1) is 6.92 Å². The van der Waals surface area contributed by atoms with Crippen LogP contribution in [-0.2, 0) is 22.0 Å². The standard InChI is InChI=1S/C19H28N4O2S2.HI/c1-3-20-19(22-12-10-18-14-26-16(2)23-18)21-11-7-13-27(24,25)15-17-8-5-4-6-9-17;/h4-6,8-9,14H,3,7,10-13,15H2,1-2H3,(H2,20,21,22);1H. The number of guanidine groups is 1. The van der Waals surface area contributed by atoms with Crippen LogP contribution in [0.1, 0.15) is 29.6 Å². The number of hydrogen-bond donors (Lipinski definition) is 2. The lowest BCUT2D eigenvalue weighted by Gasteiger charge is -2.10. The van der Waals surface area contributed by atoms with Crippen molar-refractivity contribution in [3.05, 3.63) is 52.0 Å². The van der Waals surface area contributed by atoms with Gasteiger partial charge in [0.05, 0.1) is 22.2 Å². The monoisotopic (exact) mass is 536 g/mol. The molecule has 1 heterocycles. The number of thiazole rings is 1. The average molecular weight is 537 g/mol. The minimum atomic E-state index is -3.11. The Kier molecular flexibility index (Phi) is 11.6.